The molecule has 2 aromatic carbocycles. The predicted molar refractivity (Wildman–Crippen MR) is 124 cm³/mol. The Morgan fingerprint density at radius 3 is 2.54 bits per heavy atom. The van der Waals surface area contributed by atoms with Crippen molar-refractivity contribution >= 4 is 41.1 Å². The van der Waals surface area contributed by atoms with E-state index < -0.39 is 48.0 Å². The number of ether oxygens (including phenoxy) is 1. The number of hydrogen-bond acceptors (Lipinski definition) is 6. The van der Waals surface area contributed by atoms with Crippen LogP contribution in [-0.2, 0) is 35.9 Å². The van der Waals surface area contributed by atoms with Crippen molar-refractivity contribution in [3.05, 3.63) is 59.7 Å². The predicted octanol–water partition coefficient (Wildman–Crippen LogP) is 1.69. The van der Waals surface area contributed by atoms with Crippen molar-refractivity contribution in [2.75, 3.05) is 23.4 Å². The Morgan fingerprint density at radius 2 is 1.74 bits per heavy atom. The lowest BCUT2D eigenvalue weighted by atomic mass is 9.92. The Labute approximate surface area is 201 Å². The van der Waals surface area contributed by atoms with Crippen LogP contribution in [0.1, 0.15) is 31.4 Å². The molecular formula is C25H24N4O6. The SMILES string of the molecule is CC1(C)C(=O)Nc2ccccc2N1C(=O)COC(=O)CN1C(=O)NC2(CCc3ccccc32)C1=O. The fourth-order valence-electron chi connectivity index (χ4n) is 5.01. The van der Waals surface area contributed by atoms with Crippen LogP contribution in [0.25, 0.3) is 0 Å². The van der Waals surface area contributed by atoms with Gasteiger partial charge in [0.15, 0.2) is 6.61 Å². The maximum Gasteiger partial charge on any atom is 0.326 e. The molecule has 2 aromatic rings. The number of carbonyl (C=O) groups excluding carboxylic acids is 5. The van der Waals surface area contributed by atoms with Crippen LogP contribution in [0.15, 0.2) is 48.5 Å². The molecule has 3 aliphatic rings. The molecule has 2 heterocycles. The zero-order chi connectivity index (χ0) is 25.0. The lowest BCUT2D eigenvalue weighted by Crippen LogP contribution is -2.59. The second-order valence-electron chi connectivity index (χ2n) is 9.30. The highest BCUT2D eigenvalue weighted by molar-refractivity contribution is 6.14. The third-order valence-corrected chi connectivity index (χ3v) is 6.82. The summed E-state index contributed by atoms with van der Waals surface area (Å²) in [6, 6.07) is 13.5. The second kappa shape index (κ2) is 7.93. The molecule has 0 bridgehead atoms. The number of nitrogens with zero attached hydrogens (tertiary/aromatic N) is 2. The summed E-state index contributed by atoms with van der Waals surface area (Å²) < 4.78 is 5.14. The quantitative estimate of drug-likeness (QED) is 0.511. The first kappa shape index (κ1) is 22.6. The normalized spacial score (nSPS) is 21.9. The lowest BCUT2D eigenvalue weighted by molar-refractivity contribution is -0.151. The molecule has 2 N–H and O–H groups in total. The largest absolute Gasteiger partial charge is 0.454 e. The van der Waals surface area contributed by atoms with Gasteiger partial charge in [-0.2, -0.15) is 0 Å². The molecule has 1 fully saturated rings. The van der Waals surface area contributed by atoms with Gasteiger partial charge in [0, 0.05) is 0 Å². The zero-order valence-corrected chi connectivity index (χ0v) is 19.3. The van der Waals surface area contributed by atoms with Gasteiger partial charge >= 0.3 is 12.0 Å². The smallest absolute Gasteiger partial charge is 0.326 e. The van der Waals surface area contributed by atoms with Gasteiger partial charge in [-0.25, -0.2) is 4.79 Å². The van der Waals surface area contributed by atoms with Crippen LogP contribution in [0, 0.1) is 0 Å². The van der Waals surface area contributed by atoms with Crippen LogP contribution >= 0.6 is 0 Å². The van der Waals surface area contributed by atoms with Gasteiger partial charge in [-0.1, -0.05) is 36.4 Å². The summed E-state index contributed by atoms with van der Waals surface area (Å²) in [7, 11) is 0. The summed E-state index contributed by atoms with van der Waals surface area (Å²) in [5, 5.41) is 5.50. The summed E-state index contributed by atoms with van der Waals surface area (Å²) in [5.74, 6) is -2.40. The number of hydrogen-bond donors (Lipinski definition) is 2. The number of esters is 1. The van der Waals surface area contributed by atoms with E-state index >= 15 is 0 Å². The Bertz CT molecular complexity index is 1290. The molecule has 1 atom stereocenters. The summed E-state index contributed by atoms with van der Waals surface area (Å²) in [6.07, 6.45) is 1.04. The fourth-order valence-corrected chi connectivity index (χ4v) is 5.01. The van der Waals surface area contributed by atoms with Gasteiger partial charge in [-0.05, 0) is 49.9 Å². The highest BCUT2D eigenvalue weighted by Crippen LogP contribution is 2.41. The minimum absolute atomic E-state index is 0.377. The summed E-state index contributed by atoms with van der Waals surface area (Å²) in [5.41, 5.74) is 0.259. The van der Waals surface area contributed by atoms with Gasteiger partial charge in [0.05, 0.1) is 11.4 Å². The number of urea groups is 1. The number of aryl methyl sites for hydroxylation is 1. The van der Waals surface area contributed by atoms with E-state index in [2.05, 4.69) is 10.6 Å². The van der Waals surface area contributed by atoms with Crippen molar-refractivity contribution in [3.63, 3.8) is 0 Å². The molecule has 0 aromatic heterocycles. The molecule has 180 valence electrons. The van der Waals surface area contributed by atoms with Crippen LogP contribution in [0.3, 0.4) is 0 Å². The number of anilines is 2. The molecule has 5 amide bonds. The molecule has 0 saturated carbocycles. The molecule has 1 unspecified atom stereocenters. The van der Waals surface area contributed by atoms with Crippen molar-refractivity contribution in [2.24, 2.45) is 0 Å². The maximum absolute atomic E-state index is 13.2. The molecule has 1 spiro atoms. The minimum atomic E-state index is -1.22. The van der Waals surface area contributed by atoms with E-state index in [1.807, 2.05) is 12.1 Å². The fraction of sp³-hybridized carbons (Fsp3) is 0.320. The van der Waals surface area contributed by atoms with E-state index in [0.717, 1.165) is 16.0 Å². The van der Waals surface area contributed by atoms with Gasteiger partial charge < -0.3 is 15.4 Å². The number of para-hydroxylation sites is 2. The van der Waals surface area contributed by atoms with Crippen LogP contribution in [0.4, 0.5) is 16.2 Å². The molecule has 5 rings (SSSR count). The number of imide groups is 1. The van der Waals surface area contributed by atoms with Crippen molar-refractivity contribution in [3.8, 4) is 0 Å². The van der Waals surface area contributed by atoms with Crippen molar-refractivity contribution in [1.29, 1.82) is 0 Å². The number of benzene rings is 2. The first-order valence-electron chi connectivity index (χ1n) is 11.3. The van der Waals surface area contributed by atoms with E-state index in [1.54, 1.807) is 50.2 Å². The number of rotatable bonds is 4. The maximum atomic E-state index is 13.2. The van der Waals surface area contributed by atoms with Crippen LogP contribution in [0.2, 0.25) is 0 Å². The number of fused-ring (bicyclic) bond motifs is 3. The lowest BCUT2D eigenvalue weighted by Gasteiger charge is -2.41. The van der Waals surface area contributed by atoms with Crippen molar-refractivity contribution in [2.45, 2.75) is 37.8 Å². The molecule has 10 heteroatoms. The third-order valence-electron chi connectivity index (χ3n) is 6.82. The topological polar surface area (TPSA) is 125 Å². The first-order valence-corrected chi connectivity index (χ1v) is 11.3. The number of amides is 5. The first-order chi connectivity index (χ1) is 16.6. The molecular weight excluding hydrogens is 452 g/mol. The van der Waals surface area contributed by atoms with E-state index in [9.17, 15) is 24.0 Å². The Morgan fingerprint density at radius 1 is 1.03 bits per heavy atom. The summed E-state index contributed by atoms with van der Waals surface area (Å²) in [6.45, 7) is 1.90. The van der Waals surface area contributed by atoms with E-state index in [0.29, 0.717) is 24.2 Å². The minimum Gasteiger partial charge on any atom is -0.454 e. The van der Waals surface area contributed by atoms with Crippen LogP contribution in [-0.4, -0.2) is 53.3 Å². The van der Waals surface area contributed by atoms with Crippen LogP contribution < -0.4 is 15.5 Å². The third kappa shape index (κ3) is 3.44. The van der Waals surface area contributed by atoms with Gasteiger partial charge in [-0.15, -0.1) is 0 Å². The second-order valence-corrected chi connectivity index (χ2v) is 9.30. The average molecular weight is 476 g/mol. The molecule has 1 saturated heterocycles. The molecule has 1 aliphatic carbocycles. The molecule has 10 nitrogen and oxygen atoms in total. The van der Waals surface area contributed by atoms with E-state index in [4.69, 9.17) is 4.74 Å². The van der Waals surface area contributed by atoms with Crippen molar-refractivity contribution in [1.82, 2.24) is 10.2 Å². The zero-order valence-electron chi connectivity index (χ0n) is 19.3. The van der Waals surface area contributed by atoms with Crippen LogP contribution in [0.5, 0.6) is 0 Å². The van der Waals surface area contributed by atoms with Crippen molar-refractivity contribution < 1.29 is 28.7 Å². The number of nitrogens with one attached hydrogen (secondary N) is 2. The van der Waals surface area contributed by atoms with Gasteiger partial charge in [0.2, 0.25) is 5.91 Å². The highest BCUT2D eigenvalue weighted by Gasteiger charge is 2.55. The molecule has 35 heavy (non-hydrogen) atoms. The number of carbonyl (C=O) groups is 5. The Hall–Kier alpha value is -4.21. The average Bonchev–Trinajstić information content (AvgIpc) is 3.31. The standard InChI is InChI=1S/C25H24N4O6/c1-24(2)21(32)26-17-9-5-6-10-18(17)29(24)19(30)14-35-20(31)13-28-22(33)25(27-23(28)34)12-11-15-7-3-4-8-16(15)25/h3-10H,11-14H2,1-2H3,(H,26,32)(H,27,34). The van der Waals surface area contributed by atoms with Gasteiger partial charge in [0.1, 0.15) is 17.6 Å². The summed E-state index contributed by atoms with van der Waals surface area (Å²) in [4.78, 5) is 66.0. The Kier molecular flexibility index (Phi) is 5.12. The van der Waals surface area contributed by atoms with Gasteiger partial charge in [0.25, 0.3) is 11.8 Å². The monoisotopic (exact) mass is 476 g/mol. The summed E-state index contributed by atoms with van der Waals surface area (Å²) >= 11 is 0. The Balaban J connectivity index is 1.27. The van der Waals surface area contributed by atoms with E-state index in [-0.39, 0.29) is 5.91 Å². The molecule has 0 radical (unpaired) electrons. The molecule has 2 aliphatic heterocycles. The van der Waals surface area contributed by atoms with E-state index in [1.165, 1.54) is 4.90 Å². The van der Waals surface area contributed by atoms with Gasteiger partial charge in [-0.3, -0.25) is 29.0 Å². The highest BCUT2D eigenvalue weighted by atomic mass is 16.5.